The highest BCUT2D eigenvalue weighted by Gasteiger charge is 2.30. The van der Waals surface area contributed by atoms with Gasteiger partial charge >= 0.3 is 0 Å². The SMILES string of the molecule is CC1CC(n2nnnc2-c2ccc(Cl)c(N)c2)C1. The number of nitrogens with zero attached hydrogens (tertiary/aromatic N) is 4. The summed E-state index contributed by atoms with van der Waals surface area (Å²) in [6.07, 6.45) is 2.25. The highest BCUT2D eigenvalue weighted by atomic mass is 35.5. The van der Waals surface area contributed by atoms with Crippen LogP contribution in [-0.4, -0.2) is 20.2 Å². The fraction of sp³-hybridized carbons (Fsp3) is 0.417. The molecule has 2 aromatic rings. The average Bonchev–Trinajstić information content (AvgIpc) is 2.77. The predicted octanol–water partition coefficient (Wildman–Crippen LogP) is 2.55. The van der Waals surface area contributed by atoms with Gasteiger partial charge in [0.05, 0.1) is 16.8 Å². The Hall–Kier alpha value is -1.62. The molecule has 0 unspecified atom stereocenters. The molecular weight excluding hydrogens is 250 g/mol. The van der Waals surface area contributed by atoms with Crippen molar-refractivity contribution in [2.45, 2.75) is 25.8 Å². The molecular formula is C12H14ClN5. The van der Waals surface area contributed by atoms with E-state index in [4.69, 9.17) is 17.3 Å². The molecule has 3 rings (SSSR count). The van der Waals surface area contributed by atoms with Gasteiger partial charge in [-0.1, -0.05) is 18.5 Å². The molecule has 1 fully saturated rings. The van der Waals surface area contributed by atoms with Crippen LogP contribution in [0.15, 0.2) is 18.2 Å². The molecule has 1 aliphatic carbocycles. The third kappa shape index (κ3) is 1.84. The minimum Gasteiger partial charge on any atom is -0.398 e. The largest absolute Gasteiger partial charge is 0.398 e. The molecule has 2 N–H and O–H groups in total. The van der Waals surface area contributed by atoms with Crippen LogP contribution >= 0.6 is 11.6 Å². The second-order valence-electron chi connectivity index (χ2n) is 4.91. The molecule has 6 heteroatoms. The fourth-order valence-corrected chi connectivity index (χ4v) is 2.49. The third-order valence-electron chi connectivity index (χ3n) is 3.44. The second kappa shape index (κ2) is 4.24. The van der Waals surface area contributed by atoms with Gasteiger partial charge in [0.15, 0.2) is 5.82 Å². The number of nitrogens with two attached hydrogens (primary N) is 1. The molecule has 1 aromatic heterocycles. The van der Waals surface area contributed by atoms with E-state index in [1.165, 1.54) is 0 Å². The van der Waals surface area contributed by atoms with Crippen LogP contribution in [0.5, 0.6) is 0 Å². The highest BCUT2D eigenvalue weighted by Crippen LogP contribution is 2.38. The van der Waals surface area contributed by atoms with Crippen molar-refractivity contribution >= 4 is 17.3 Å². The van der Waals surface area contributed by atoms with E-state index in [0.29, 0.717) is 16.8 Å². The number of hydrogen-bond acceptors (Lipinski definition) is 4. The number of rotatable bonds is 2. The van der Waals surface area contributed by atoms with Gasteiger partial charge in [-0.3, -0.25) is 0 Å². The van der Waals surface area contributed by atoms with Crippen molar-refractivity contribution in [1.29, 1.82) is 0 Å². The summed E-state index contributed by atoms with van der Waals surface area (Å²) in [7, 11) is 0. The van der Waals surface area contributed by atoms with Crippen molar-refractivity contribution in [2.75, 3.05) is 5.73 Å². The molecule has 1 heterocycles. The summed E-state index contributed by atoms with van der Waals surface area (Å²) < 4.78 is 1.89. The molecule has 5 nitrogen and oxygen atoms in total. The maximum absolute atomic E-state index is 5.92. The Balaban J connectivity index is 1.96. The molecule has 0 bridgehead atoms. The summed E-state index contributed by atoms with van der Waals surface area (Å²) in [6.45, 7) is 2.24. The molecule has 0 aliphatic heterocycles. The summed E-state index contributed by atoms with van der Waals surface area (Å²) in [4.78, 5) is 0. The minimum atomic E-state index is 0.405. The van der Waals surface area contributed by atoms with Crippen molar-refractivity contribution in [1.82, 2.24) is 20.2 Å². The van der Waals surface area contributed by atoms with Gasteiger partial charge in [0.2, 0.25) is 0 Å². The lowest BCUT2D eigenvalue weighted by Gasteiger charge is -2.32. The first-order valence-electron chi connectivity index (χ1n) is 5.98. The standard InChI is InChI=1S/C12H14ClN5/c1-7-4-9(5-7)18-12(15-16-17-18)8-2-3-10(13)11(14)6-8/h2-3,6-7,9H,4-5,14H2,1H3. The van der Waals surface area contributed by atoms with Crippen molar-refractivity contribution in [3.8, 4) is 11.4 Å². The Morgan fingerprint density at radius 1 is 1.39 bits per heavy atom. The van der Waals surface area contributed by atoms with E-state index in [1.807, 2.05) is 16.8 Å². The number of aromatic nitrogens is 4. The first-order chi connectivity index (χ1) is 8.65. The van der Waals surface area contributed by atoms with Gasteiger partial charge < -0.3 is 5.73 Å². The first kappa shape index (κ1) is 11.5. The van der Waals surface area contributed by atoms with Crippen LogP contribution in [0.3, 0.4) is 0 Å². The predicted molar refractivity (Wildman–Crippen MR) is 70.1 cm³/mol. The van der Waals surface area contributed by atoms with Crippen LogP contribution in [0, 0.1) is 5.92 Å². The molecule has 0 amide bonds. The molecule has 18 heavy (non-hydrogen) atoms. The Labute approximate surface area is 110 Å². The maximum Gasteiger partial charge on any atom is 0.182 e. The number of tetrazole rings is 1. The third-order valence-corrected chi connectivity index (χ3v) is 3.79. The van der Waals surface area contributed by atoms with Crippen LogP contribution in [0.25, 0.3) is 11.4 Å². The van der Waals surface area contributed by atoms with E-state index in [9.17, 15) is 0 Å². The van der Waals surface area contributed by atoms with E-state index >= 15 is 0 Å². The quantitative estimate of drug-likeness (QED) is 0.846. The van der Waals surface area contributed by atoms with Crippen LogP contribution in [0.1, 0.15) is 25.8 Å². The summed E-state index contributed by atoms with van der Waals surface area (Å²) in [5.74, 6) is 1.51. The lowest BCUT2D eigenvalue weighted by molar-refractivity contribution is 0.199. The van der Waals surface area contributed by atoms with E-state index in [-0.39, 0.29) is 0 Å². The molecule has 94 valence electrons. The zero-order valence-corrected chi connectivity index (χ0v) is 10.8. The van der Waals surface area contributed by atoms with Crippen LogP contribution < -0.4 is 5.73 Å². The van der Waals surface area contributed by atoms with E-state index in [0.717, 1.165) is 30.1 Å². The molecule has 0 saturated heterocycles. The Kier molecular flexibility index (Phi) is 2.70. The number of benzene rings is 1. The van der Waals surface area contributed by atoms with E-state index in [2.05, 4.69) is 22.4 Å². The number of halogens is 1. The number of hydrogen-bond donors (Lipinski definition) is 1. The summed E-state index contributed by atoms with van der Waals surface area (Å²) in [5, 5.41) is 12.5. The summed E-state index contributed by atoms with van der Waals surface area (Å²) >= 11 is 5.92. The van der Waals surface area contributed by atoms with Gasteiger partial charge in [0, 0.05) is 5.56 Å². The molecule has 0 radical (unpaired) electrons. The molecule has 1 aliphatic rings. The van der Waals surface area contributed by atoms with Gasteiger partial charge in [0.25, 0.3) is 0 Å². The van der Waals surface area contributed by atoms with Crippen molar-refractivity contribution in [3.05, 3.63) is 23.2 Å². The second-order valence-corrected chi connectivity index (χ2v) is 5.32. The van der Waals surface area contributed by atoms with Crippen LogP contribution in [0.4, 0.5) is 5.69 Å². The Bertz CT molecular complexity index is 574. The van der Waals surface area contributed by atoms with Crippen LogP contribution in [-0.2, 0) is 0 Å². The zero-order valence-electron chi connectivity index (χ0n) is 10.0. The van der Waals surface area contributed by atoms with Crippen LogP contribution in [0.2, 0.25) is 5.02 Å². The topological polar surface area (TPSA) is 69.6 Å². The average molecular weight is 264 g/mol. The number of anilines is 1. The van der Waals surface area contributed by atoms with Gasteiger partial charge in [0.1, 0.15) is 0 Å². The lowest BCUT2D eigenvalue weighted by atomic mass is 9.82. The smallest absolute Gasteiger partial charge is 0.182 e. The zero-order chi connectivity index (χ0) is 12.7. The fourth-order valence-electron chi connectivity index (χ4n) is 2.37. The van der Waals surface area contributed by atoms with Gasteiger partial charge in [-0.2, -0.15) is 0 Å². The molecule has 0 atom stereocenters. The van der Waals surface area contributed by atoms with Crippen molar-refractivity contribution in [2.24, 2.45) is 5.92 Å². The Morgan fingerprint density at radius 3 is 2.83 bits per heavy atom. The Morgan fingerprint density at radius 2 is 2.17 bits per heavy atom. The van der Waals surface area contributed by atoms with Crippen molar-refractivity contribution in [3.63, 3.8) is 0 Å². The summed E-state index contributed by atoms with van der Waals surface area (Å²) in [6, 6.07) is 5.88. The summed E-state index contributed by atoms with van der Waals surface area (Å²) in [5.41, 5.74) is 7.26. The van der Waals surface area contributed by atoms with Gasteiger partial charge in [-0.05, 0) is 47.4 Å². The highest BCUT2D eigenvalue weighted by molar-refractivity contribution is 6.33. The molecule has 0 spiro atoms. The van der Waals surface area contributed by atoms with Gasteiger partial charge in [-0.25, -0.2) is 4.68 Å². The van der Waals surface area contributed by atoms with E-state index < -0.39 is 0 Å². The lowest BCUT2D eigenvalue weighted by Crippen LogP contribution is -2.26. The van der Waals surface area contributed by atoms with Gasteiger partial charge in [-0.15, -0.1) is 5.10 Å². The number of nitrogen functional groups attached to an aromatic ring is 1. The van der Waals surface area contributed by atoms with E-state index in [1.54, 1.807) is 6.07 Å². The first-order valence-corrected chi connectivity index (χ1v) is 6.36. The minimum absolute atomic E-state index is 0.405. The van der Waals surface area contributed by atoms with Crippen molar-refractivity contribution < 1.29 is 0 Å². The molecule has 1 saturated carbocycles. The maximum atomic E-state index is 5.92. The molecule has 1 aromatic carbocycles. The monoisotopic (exact) mass is 263 g/mol. The normalized spacial score (nSPS) is 22.8.